The second kappa shape index (κ2) is 5.28. The first-order valence-electron chi connectivity index (χ1n) is 6.65. The van der Waals surface area contributed by atoms with Crippen LogP contribution in [0, 0.1) is 0 Å². The first-order valence-corrected chi connectivity index (χ1v) is 6.65. The van der Waals surface area contributed by atoms with Crippen molar-refractivity contribution in [3.05, 3.63) is 47.9 Å². The zero-order chi connectivity index (χ0) is 13.9. The number of carbonyl (C=O) groups excluding carboxylic acids is 1. The predicted octanol–water partition coefficient (Wildman–Crippen LogP) is 1.54. The van der Waals surface area contributed by atoms with Crippen LogP contribution in [0.1, 0.15) is 11.3 Å². The van der Waals surface area contributed by atoms with Gasteiger partial charge in [-0.05, 0) is 30.2 Å². The molecule has 1 amide bonds. The summed E-state index contributed by atoms with van der Waals surface area (Å²) in [5, 5.41) is 2.85. The zero-order valence-electron chi connectivity index (χ0n) is 11.1. The van der Waals surface area contributed by atoms with Gasteiger partial charge in [-0.25, -0.2) is 0 Å². The van der Waals surface area contributed by atoms with E-state index in [4.69, 9.17) is 10.2 Å². The fourth-order valence-electron chi connectivity index (χ4n) is 2.55. The van der Waals surface area contributed by atoms with Crippen molar-refractivity contribution in [1.82, 2.24) is 5.32 Å². The molecule has 3 N–H and O–H groups in total. The molecule has 20 heavy (non-hydrogen) atoms. The molecule has 0 atom stereocenters. The summed E-state index contributed by atoms with van der Waals surface area (Å²) in [6.45, 7) is 1.57. The molecule has 5 nitrogen and oxygen atoms in total. The van der Waals surface area contributed by atoms with Crippen molar-refractivity contribution in [2.45, 2.75) is 13.0 Å². The molecule has 1 aliphatic rings. The lowest BCUT2D eigenvalue weighted by atomic mass is 10.1. The number of nitrogens with two attached hydrogens (primary N) is 1. The van der Waals surface area contributed by atoms with Crippen LogP contribution in [0.5, 0.6) is 0 Å². The van der Waals surface area contributed by atoms with E-state index < -0.39 is 0 Å². The molecule has 104 valence electrons. The Bertz CT molecular complexity index is 608. The zero-order valence-corrected chi connectivity index (χ0v) is 11.1. The Morgan fingerprint density at radius 2 is 2.25 bits per heavy atom. The molecule has 3 rings (SSSR count). The standard InChI is InChI=1S/C15H17N3O2/c16-13-5-1-3-11-6-7-18(15(11)13)10-14(19)17-9-12-4-2-8-20-12/h1-5,8H,6-7,9-10,16H2,(H,17,19). The molecule has 2 aromatic rings. The number of nitrogens with one attached hydrogen (secondary N) is 1. The number of furan rings is 1. The van der Waals surface area contributed by atoms with E-state index in [0.717, 1.165) is 30.1 Å². The molecular weight excluding hydrogens is 254 g/mol. The van der Waals surface area contributed by atoms with Crippen LogP contribution >= 0.6 is 0 Å². The molecule has 1 aliphatic heterocycles. The minimum Gasteiger partial charge on any atom is -0.467 e. The molecule has 1 aromatic heterocycles. The summed E-state index contributed by atoms with van der Waals surface area (Å²) < 4.78 is 5.18. The van der Waals surface area contributed by atoms with Crippen LogP contribution in [-0.2, 0) is 17.8 Å². The van der Waals surface area contributed by atoms with E-state index in [-0.39, 0.29) is 5.91 Å². The molecule has 0 unspecified atom stereocenters. The maximum absolute atomic E-state index is 12.0. The first kappa shape index (κ1) is 12.6. The number of rotatable bonds is 4. The number of nitrogen functional groups attached to an aromatic ring is 1. The molecule has 0 bridgehead atoms. The molecule has 2 heterocycles. The largest absolute Gasteiger partial charge is 0.467 e. The summed E-state index contributed by atoms with van der Waals surface area (Å²) in [7, 11) is 0. The molecule has 0 fully saturated rings. The van der Waals surface area contributed by atoms with Gasteiger partial charge in [-0.1, -0.05) is 12.1 Å². The third-order valence-electron chi connectivity index (χ3n) is 3.49. The number of benzene rings is 1. The number of hydrogen-bond acceptors (Lipinski definition) is 4. The van der Waals surface area contributed by atoms with Crippen molar-refractivity contribution < 1.29 is 9.21 Å². The van der Waals surface area contributed by atoms with E-state index >= 15 is 0 Å². The second-order valence-electron chi connectivity index (χ2n) is 4.88. The Morgan fingerprint density at radius 3 is 3.05 bits per heavy atom. The number of amides is 1. The number of anilines is 2. The molecule has 0 spiro atoms. The van der Waals surface area contributed by atoms with Gasteiger partial charge in [0.05, 0.1) is 30.7 Å². The van der Waals surface area contributed by atoms with Gasteiger partial charge in [0.15, 0.2) is 0 Å². The first-order chi connectivity index (χ1) is 9.74. The lowest BCUT2D eigenvalue weighted by Gasteiger charge is -2.20. The Labute approximate surface area is 117 Å². The summed E-state index contributed by atoms with van der Waals surface area (Å²) in [5.41, 5.74) is 8.95. The van der Waals surface area contributed by atoms with Crippen molar-refractivity contribution in [3.8, 4) is 0 Å². The molecule has 1 aromatic carbocycles. The molecule has 0 saturated heterocycles. The quantitative estimate of drug-likeness (QED) is 0.827. The Morgan fingerprint density at radius 1 is 1.35 bits per heavy atom. The van der Waals surface area contributed by atoms with E-state index in [9.17, 15) is 4.79 Å². The summed E-state index contributed by atoms with van der Waals surface area (Å²) in [4.78, 5) is 14.0. The van der Waals surface area contributed by atoms with Crippen LogP contribution in [0.25, 0.3) is 0 Å². The van der Waals surface area contributed by atoms with E-state index in [2.05, 4.69) is 11.4 Å². The van der Waals surface area contributed by atoms with E-state index in [1.165, 1.54) is 5.56 Å². The van der Waals surface area contributed by atoms with Crippen molar-refractivity contribution in [2.75, 3.05) is 23.7 Å². The van der Waals surface area contributed by atoms with Gasteiger partial charge in [0.2, 0.25) is 5.91 Å². The minimum absolute atomic E-state index is 0.0301. The van der Waals surface area contributed by atoms with Gasteiger partial charge in [0, 0.05) is 6.54 Å². The number of nitrogens with zero attached hydrogens (tertiary/aromatic N) is 1. The van der Waals surface area contributed by atoms with Crippen LogP contribution in [0.4, 0.5) is 11.4 Å². The third kappa shape index (κ3) is 2.47. The van der Waals surface area contributed by atoms with Crippen LogP contribution in [0.3, 0.4) is 0 Å². The van der Waals surface area contributed by atoms with Gasteiger partial charge in [-0.15, -0.1) is 0 Å². The van der Waals surface area contributed by atoms with Crippen LogP contribution in [0.2, 0.25) is 0 Å². The van der Waals surface area contributed by atoms with Gasteiger partial charge < -0.3 is 20.4 Å². The third-order valence-corrected chi connectivity index (χ3v) is 3.49. The van der Waals surface area contributed by atoms with Gasteiger partial charge in [0.25, 0.3) is 0 Å². The number of hydrogen-bond donors (Lipinski definition) is 2. The fourth-order valence-corrected chi connectivity index (χ4v) is 2.55. The highest BCUT2D eigenvalue weighted by atomic mass is 16.3. The maximum atomic E-state index is 12.0. The predicted molar refractivity (Wildman–Crippen MR) is 77.3 cm³/mol. The number of para-hydroxylation sites is 1. The lowest BCUT2D eigenvalue weighted by Crippen LogP contribution is -2.36. The second-order valence-corrected chi connectivity index (χ2v) is 4.88. The van der Waals surface area contributed by atoms with E-state index in [0.29, 0.717) is 13.1 Å². The maximum Gasteiger partial charge on any atom is 0.239 e. The van der Waals surface area contributed by atoms with E-state index in [1.807, 2.05) is 23.1 Å². The minimum atomic E-state index is -0.0301. The lowest BCUT2D eigenvalue weighted by molar-refractivity contribution is -0.120. The molecule has 0 radical (unpaired) electrons. The van der Waals surface area contributed by atoms with Crippen molar-refractivity contribution in [1.29, 1.82) is 0 Å². The van der Waals surface area contributed by atoms with Crippen LogP contribution in [-0.4, -0.2) is 19.0 Å². The van der Waals surface area contributed by atoms with Gasteiger partial charge in [-0.3, -0.25) is 4.79 Å². The normalized spacial score (nSPS) is 13.3. The highest BCUT2D eigenvalue weighted by molar-refractivity contribution is 5.85. The Hall–Kier alpha value is -2.43. The molecule has 0 saturated carbocycles. The Balaban J connectivity index is 1.61. The summed E-state index contributed by atoms with van der Waals surface area (Å²) in [6, 6.07) is 9.53. The van der Waals surface area contributed by atoms with Crippen LogP contribution < -0.4 is 16.0 Å². The monoisotopic (exact) mass is 271 g/mol. The molecule has 0 aliphatic carbocycles. The highest BCUT2D eigenvalue weighted by Crippen LogP contribution is 2.33. The Kier molecular flexibility index (Phi) is 3.33. The SMILES string of the molecule is Nc1cccc2c1N(CC(=O)NCc1ccco1)CC2. The summed E-state index contributed by atoms with van der Waals surface area (Å²) >= 11 is 0. The van der Waals surface area contributed by atoms with Gasteiger partial charge >= 0.3 is 0 Å². The molecular formula is C15H17N3O2. The van der Waals surface area contributed by atoms with Crippen LogP contribution in [0.15, 0.2) is 41.0 Å². The van der Waals surface area contributed by atoms with Gasteiger partial charge in [-0.2, -0.15) is 0 Å². The summed E-state index contributed by atoms with van der Waals surface area (Å²) in [5.74, 6) is 0.720. The highest BCUT2D eigenvalue weighted by Gasteiger charge is 2.22. The fraction of sp³-hybridized carbons (Fsp3) is 0.267. The smallest absolute Gasteiger partial charge is 0.239 e. The van der Waals surface area contributed by atoms with Crippen molar-refractivity contribution >= 4 is 17.3 Å². The van der Waals surface area contributed by atoms with E-state index in [1.54, 1.807) is 12.3 Å². The topological polar surface area (TPSA) is 71.5 Å². The summed E-state index contributed by atoms with van der Waals surface area (Å²) in [6.07, 6.45) is 2.53. The van der Waals surface area contributed by atoms with Crippen molar-refractivity contribution in [2.24, 2.45) is 0 Å². The average Bonchev–Trinajstić information content (AvgIpc) is 3.07. The van der Waals surface area contributed by atoms with Crippen molar-refractivity contribution in [3.63, 3.8) is 0 Å². The number of fused-ring (bicyclic) bond motifs is 1. The number of carbonyl (C=O) groups is 1. The average molecular weight is 271 g/mol. The van der Waals surface area contributed by atoms with Gasteiger partial charge in [0.1, 0.15) is 5.76 Å². The molecule has 5 heteroatoms.